The highest BCUT2D eigenvalue weighted by Gasteiger charge is 2.21. The Kier molecular flexibility index (Phi) is 3.76. The fourth-order valence-electron chi connectivity index (χ4n) is 1.78. The molecule has 0 aliphatic rings. The molecule has 0 aliphatic heterocycles. The molecule has 2 rings (SSSR count). The zero-order valence-electron chi connectivity index (χ0n) is 10.1. The first-order chi connectivity index (χ1) is 8.63. The highest BCUT2D eigenvalue weighted by atomic mass is 16.4. The van der Waals surface area contributed by atoms with Gasteiger partial charge < -0.3 is 15.3 Å². The molecular formula is C13H16N2O3. The van der Waals surface area contributed by atoms with Crippen LogP contribution in [-0.2, 0) is 0 Å². The van der Waals surface area contributed by atoms with E-state index in [1.165, 1.54) is 0 Å². The third-order valence-electron chi connectivity index (χ3n) is 2.83. The van der Waals surface area contributed by atoms with Crippen molar-refractivity contribution in [3.05, 3.63) is 47.8 Å². The third-order valence-corrected chi connectivity index (χ3v) is 2.83. The van der Waals surface area contributed by atoms with Crippen LogP contribution in [0.3, 0.4) is 0 Å². The van der Waals surface area contributed by atoms with Crippen LogP contribution in [0.4, 0.5) is 0 Å². The van der Waals surface area contributed by atoms with Gasteiger partial charge in [-0.25, -0.2) is 4.68 Å². The topological polar surface area (TPSA) is 78.5 Å². The summed E-state index contributed by atoms with van der Waals surface area (Å²) >= 11 is 0. The summed E-state index contributed by atoms with van der Waals surface area (Å²) in [6.45, 7) is 1.26. The van der Waals surface area contributed by atoms with Crippen LogP contribution in [0.2, 0.25) is 0 Å². The Labute approximate surface area is 105 Å². The van der Waals surface area contributed by atoms with Gasteiger partial charge in [0.15, 0.2) is 0 Å². The number of benzene rings is 1. The molecule has 0 bridgehead atoms. The van der Waals surface area contributed by atoms with Crippen LogP contribution < -0.4 is 0 Å². The molecule has 0 saturated carbocycles. The number of nitrogens with zero attached hydrogens (tertiary/aromatic N) is 2. The number of aryl methyl sites for hydroxylation is 1. The predicted molar refractivity (Wildman–Crippen MR) is 66.4 cm³/mol. The molecule has 0 saturated heterocycles. The van der Waals surface area contributed by atoms with Gasteiger partial charge >= 0.3 is 0 Å². The minimum Gasteiger partial charge on any atom is -0.394 e. The molecule has 2 unspecified atom stereocenters. The molecule has 96 valence electrons. The van der Waals surface area contributed by atoms with E-state index in [-0.39, 0.29) is 0 Å². The molecule has 0 radical (unpaired) electrons. The number of aromatic nitrogens is 2. The summed E-state index contributed by atoms with van der Waals surface area (Å²) in [5.74, 6) is 0. The van der Waals surface area contributed by atoms with Gasteiger partial charge in [-0.3, -0.25) is 0 Å². The van der Waals surface area contributed by atoms with Gasteiger partial charge in [-0.1, -0.05) is 18.2 Å². The van der Waals surface area contributed by atoms with E-state index < -0.39 is 18.8 Å². The second-order valence-electron chi connectivity index (χ2n) is 4.14. The lowest BCUT2D eigenvalue weighted by molar-refractivity contribution is -0.0155. The first kappa shape index (κ1) is 12.8. The number of hydrogen-bond donors (Lipinski definition) is 3. The average Bonchev–Trinajstić information content (AvgIpc) is 2.80. The minimum absolute atomic E-state index is 0.489. The van der Waals surface area contributed by atoms with Gasteiger partial charge in [0.1, 0.15) is 12.2 Å². The molecule has 0 spiro atoms. The molecule has 3 N–H and O–H groups in total. The van der Waals surface area contributed by atoms with Crippen molar-refractivity contribution < 1.29 is 15.3 Å². The van der Waals surface area contributed by atoms with Crippen LogP contribution in [0, 0.1) is 6.92 Å². The molecule has 18 heavy (non-hydrogen) atoms. The van der Waals surface area contributed by atoms with Crippen molar-refractivity contribution >= 4 is 0 Å². The van der Waals surface area contributed by atoms with Crippen LogP contribution >= 0.6 is 0 Å². The molecule has 2 aromatic rings. The monoisotopic (exact) mass is 248 g/mol. The van der Waals surface area contributed by atoms with E-state index in [4.69, 9.17) is 5.11 Å². The van der Waals surface area contributed by atoms with E-state index in [0.29, 0.717) is 11.3 Å². The molecular weight excluding hydrogens is 232 g/mol. The number of para-hydroxylation sites is 1. The standard InChI is InChI=1S/C13H16N2O3/c1-9-11(13(18)12(17)8-16)7-15(14-9)10-5-3-2-4-6-10/h2-7,12-13,16-18H,8H2,1H3. The Morgan fingerprint density at radius 1 is 1.22 bits per heavy atom. The van der Waals surface area contributed by atoms with Crippen LogP contribution in [-0.4, -0.2) is 37.8 Å². The van der Waals surface area contributed by atoms with Gasteiger partial charge in [0, 0.05) is 11.8 Å². The smallest absolute Gasteiger partial charge is 0.110 e. The molecule has 1 aromatic carbocycles. The van der Waals surface area contributed by atoms with Crippen molar-refractivity contribution in [1.82, 2.24) is 9.78 Å². The largest absolute Gasteiger partial charge is 0.394 e. The summed E-state index contributed by atoms with van der Waals surface area (Å²) in [6, 6.07) is 9.48. The number of hydrogen-bond acceptors (Lipinski definition) is 4. The van der Waals surface area contributed by atoms with Crippen LogP contribution in [0.1, 0.15) is 17.4 Å². The first-order valence-electron chi connectivity index (χ1n) is 5.72. The summed E-state index contributed by atoms with van der Waals surface area (Å²) in [7, 11) is 0. The van der Waals surface area contributed by atoms with Crippen molar-refractivity contribution in [3.63, 3.8) is 0 Å². The second-order valence-corrected chi connectivity index (χ2v) is 4.14. The quantitative estimate of drug-likeness (QED) is 0.739. The Morgan fingerprint density at radius 2 is 1.89 bits per heavy atom. The third kappa shape index (κ3) is 2.43. The summed E-state index contributed by atoms with van der Waals surface area (Å²) in [6.07, 6.45) is -0.668. The Bertz CT molecular complexity index is 510. The lowest BCUT2D eigenvalue weighted by Crippen LogP contribution is -2.22. The van der Waals surface area contributed by atoms with Crippen molar-refractivity contribution in [2.45, 2.75) is 19.1 Å². The van der Waals surface area contributed by atoms with Gasteiger partial charge in [-0.05, 0) is 19.1 Å². The molecule has 0 amide bonds. The van der Waals surface area contributed by atoms with E-state index in [1.807, 2.05) is 30.3 Å². The highest BCUT2D eigenvalue weighted by Crippen LogP contribution is 2.21. The maximum absolute atomic E-state index is 9.87. The zero-order valence-corrected chi connectivity index (χ0v) is 10.1. The lowest BCUT2D eigenvalue weighted by atomic mass is 10.1. The summed E-state index contributed by atoms with van der Waals surface area (Å²) < 4.78 is 1.64. The Hall–Kier alpha value is -1.69. The number of aliphatic hydroxyl groups is 3. The van der Waals surface area contributed by atoms with Crippen molar-refractivity contribution in [3.8, 4) is 5.69 Å². The van der Waals surface area contributed by atoms with Gasteiger partial charge in [-0.2, -0.15) is 5.10 Å². The summed E-state index contributed by atoms with van der Waals surface area (Å²) in [5.41, 5.74) is 2.01. The van der Waals surface area contributed by atoms with E-state index in [2.05, 4.69) is 5.10 Å². The Morgan fingerprint density at radius 3 is 2.50 bits per heavy atom. The molecule has 5 nitrogen and oxygen atoms in total. The maximum atomic E-state index is 9.87. The van der Waals surface area contributed by atoms with E-state index in [0.717, 1.165) is 5.69 Å². The van der Waals surface area contributed by atoms with Crippen molar-refractivity contribution in [1.29, 1.82) is 0 Å². The first-order valence-corrected chi connectivity index (χ1v) is 5.72. The van der Waals surface area contributed by atoms with Gasteiger partial charge in [0.05, 0.1) is 18.0 Å². The number of rotatable bonds is 4. The fourth-order valence-corrected chi connectivity index (χ4v) is 1.78. The summed E-state index contributed by atoms with van der Waals surface area (Å²) in [4.78, 5) is 0. The Balaban J connectivity index is 2.33. The zero-order chi connectivity index (χ0) is 13.1. The normalized spacial score (nSPS) is 14.4. The van der Waals surface area contributed by atoms with E-state index in [1.54, 1.807) is 17.8 Å². The molecule has 0 fully saturated rings. The molecule has 1 heterocycles. The summed E-state index contributed by atoms with van der Waals surface area (Å²) in [5, 5.41) is 32.4. The van der Waals surface area contributed by atoms with Crippen LogP contribution in [0.25, 0.3) is 5.69 Å². The van der Waals surface area contributed by atoms with Crippen molar-refractivity contribution in [2.75, 3.05) is 6.61 Å². The lowest BCUT2D eigenvalue weighted by Gasteiger charge is -2.14. The van der Waals surface area contributed by atoms with Crippen LogP contribution in [0.5, 0.6) is 0 Å². The molecule has 2 atom stereocenters. The van der Waals surface area contributed by atoms with E-state index in [9.17, 15) is 10.2 Å². The number of aliphatic hydroxyl groups excluding tert-OH is 3. The second kappa shape index (κ2) is 5.30. The van der Waals surface area contributed by atoms with Crippen molar-refractivity contribution in [2.24, 2.45) is 0 Å². The fraction of sp³-hybridized carbons (Fsp3) is 0.308. The van der Waals surface area contributed by atoms with Gasteiger partial charge in [0.25, 0.3) is 0 Å². The van der Waals surface area contributed by atoms with Gasteiger partial charge in [0.2, 0.25) is 0 Å². The minimum atomic E-state index is -1.20. The predicted octanol–water partition coefficient (Wildman–Crippen LogP) is 0.567. The van der Waals surface area contributed by atoms with E-state index >= 15 is 0 Å². The average molecular weight is 248 g/mol. The van der Waals surface area contributed by atoms with Crippen LogP contribution in [0.15, 0.2) is 36.5 Å². The molecule has 0 aliphatic carbocycles. The maximum Gasteiger partial charge on any atom is 0.110 e. The van der Waals surface area contributed by atoms with Gasteiger partial charge in [-0.15, -0.1) is 0 Å². The SMILES string of the molecule is Cc1nn(-c2ccccc2)cc1C(O)C(O)CO. The highest BCUT2D eigenvalue weighted by molar-refractivity contribution is 5.33. The molecule has 5 heteroatoms. The molecule has 1 aromatic heterocycles.